The Morgan fingerprint density at radius 3 is 2.62 bits per heavy atom. The van der Waals surface area contributed by atoms with Crippen molar-refractivity contribution in [2.75, 3.05) is 26.4 Å². The van der Waals surface area contributed by atoms with Gasteiger partial charge in [0, 0.05) is 46.6 Å². The molecule has 0 saturated carbocycles. The van der Waals surface area contributed by atoms with Crippen LogP contribution in [0.25, 0.3) is 0 Å². The summed E-state index contributed by atoms with van der Waals surface area (Å²) in [5, 5.41) is 3.11. The largest absolute Gasteiger partial charge is 0.357 e. The lowest BCUT2D eigenvalue weighted by atomic mass is 10.3. The summed E-state index contributed by atoms with van der Waals surface area (Å²) >= 11 is 0. The maximum atomic E-state index is 11.4. The number of sulfonamides is 1. The number of hydrogen-bond donors (Lipinski definition) is 1. The first-order valence-corrected chi connectivity index (χ1v) is 6.74. The Morgan fingerprint density at radius 2 is 2.12 bits per heavy atom. The average molecular weight is 245 g/mol. The van der Waals surface area contributed by atoms with E-state index in [1.165, 1.54) is 4.31 Å². The molecular formula is C10H19N3O2S. The van der Waals surface area contributed by atoms with Gasteiger partial charge in [0.15, 0.2) is 0 Å². The van der Waals surface area contributed by atoms with Crippen LogP contribution in [0.15, 0.2) is 18.5 Å². The van der Waals surface area contributed by atoms with Crippen LogP contribution in [0.2, 0.25) is 0 Å². The monoisotopic (exact) mass is 245 g/mol. The zero-order chi connectivity index (χ0) is 12.2. The van der Waals surface area contributed by atoms with Crippen molar-refractivity contribution in [3.63, 3.8) is 0 Å². The normalized spacial score (nSPS) is 12.2. The maximum Gasteiger partial charge on any atom is 0.214 e. The molecule has 1 aromatic heterocycles. The van der Waals surface area contributed by atoms with E-state index in [1.807, 2.05) is 30.1 Å². The molecule has 0 aromatic carbocycles. The molecule has 0 saturated heterocycles. The SMILES string of the molecule is CN(C)S(=O)(=O)CCNCc1ccn(C)c1. The van der Waals surface area contributed by atoms with Crippen molar-refractivity contribution in [3.8, 4) is 0 Å². The van der Waals surface area contributed by atoms with Crippen molar-refractivity contribution in [1.29, 1.82) is 0 Å². The van der Waals surface area contributed by atoms with Crippen LogP contribution in [0, 0.1) is 0 Å². The molecular weight excluding hydrogens is 226 g/mol. The molecule has 5 nitrogen and oxygen atoms in total. The Kier molecular flexibility index (Phi) is 4.52. The Morgan fingerprint density at radius 1 is 1.44 bits per heavy atom. The molecule has 0 bridgehead atoms. The van der Waals surface area contributed by atoms with E-state index in [0.29, 0.717) is 13.1 Å². The second-order valence-electron chi connectivity index (χ2n) is 3.96. The van der Waals surface area contributed by atoms with Crippen LogP contribution < -0.4 is 5.32 Å². The number of rotatable bonds is 6. The molecule has 0 aliphatic carbocycles. The van der Waals surface area contributed by atoms with E-state index in [4.69, 9.17) is 0 Å². The highest BCUT2D eigenvalue weighted by Crippen LogP contribution is 1.98. The lowest BCUT2D eigenvalue weighted by Gasteiger charge is -2.11. The van der Waals surface area contributed by atoms with Crippen LogP contribution >= 0.6 is 0 Å². The molecule has 0 spiro atoms. The van der Waals surface area contributed by atoms with Gasteiger partial charge in [0.25, 0.3) is 0 Å². The van der Waals surface area contributed by atoms with Gasteiger partial charge in [0.05, 0.1) is 5.75 Å². The molecule has 0 atom stereocenters. The van der Waals surface area contributed by atoms with Crippen LogP contribution in [-0.2, 0) is 23.6 Å². The zero-order valence-corrected chi connectivity index (χ0v) is 10.8. The molecule has 0 amide bonds. The second-order valence-corrected chi connectivity index (χ2v) is 6.26. The zero-order valence-electron chi connectivity index (χ0n) is 9.97. The van der Waals surface area contributed by atoms with Crippen molar-refractivity contribution in [2.45, 2.75) is 6.54 Å². The van der Waals surface area contributed by atoms with E-state index in [0.717, 1.165) is 5.56 Å². The average Bonchev–Trinajstić information content (AvgIpc) is 2.59. The Labute approximate surface area is 97.1 Å². The summed E-state index contributed by atoms with van der Waals surface area (Å²) in [7, 11) is 1.97. The highest BCUT2D eigenvalue weighted by Gasteiger charge is 2.12. The fourth-order valence-electron chi connectivity index (χ4n) is 1.28. The van der Waals surface area contributed by atoms with E-state index in [-0.39, 0.29) is 5.75 Å². The molecule has 1 aromatic rings. The summed E-state index contributed by atoms with van der Waals surface area (Å²) < 4.78 is 26.1. The first kappa shape index (κ1) is 13.2. The van der Waals surface area contributed by atoms with E-state index >= 15 is 0 Å². The Bertz CT molecular complexity index is 423. The quantitative estimate of drug-likeness (QED) is 0.718. The van der Waals surface area contributed by atoms with Crippen molar-refractivity contribution < 1.29 is 8.42 Å². The molecule has 0 aliphatic rings. The summed E-state index contributed by atoms with van der Waals surface area (Å²) in [6.45, 7) is 1.17. The Hall–Kier alpha value is -0.850. The lowest BCUT2D eigenvalue weighted by molar-refractivity contribution is 0.517. The minimum Gasteiger partial charge on any atom is -0.357 e. The van der Waals surface area contributed by atoms with Gasteiger partial charge in [0.2, 0.25) is 10.0 Å². The van der Waals surface area contributed by atoms with E-state index < -0.39 is 10.0 Å². The van der Waals surface area contributed by atoms with Crippen LogP contribution in [0.3, 0.4) is 0 Å². The van der Waals surface area contributed by atoms with Gasteiger partial charge < -0.3 is 9.88 Å². The number of hydrogen-bond acceptors (Lipinski definition) is 3. The minimum atomic E-state index is -3.08. The third kappa shape index (κ3) is 3.96. The van der Waals surface area contributed by atoms with Crippen molar-refractivity contribution in [3.05, 3.63) is 24.0 Å². The maximum absolute atomic E-state index is 11.4. The van der Waals surface area contributed by atoms with Gasteiger partial charge in [-0.05, 0) is 11.6 Å². The molecule has 0 unspecified atom stereocenters. The van der Waals surface area contributed by atoms with E-state index in [1.54, 1.807) is 14.1 Å². The lowest BCUT2D eigenvalue weighted by Crippen LogP contribution is -2.30. The molecule has 1 rings (SSSR count). The third-order valence-electron chi connectivity index (χ3n) is 2.32. The van der Waals surface area contributed by atoms with E-state index in [2.05, 4.69) is 5.32 Å². The van der Waals surface area contributed by atoms with Gasteiger partial charge in [-0.3, -0.25) is 0 Å². The molecule has 92 valence electrons. The summed E-state index contributed by atoms with van der Waals surface area (Å²) in [6.07, 6.45) is 3.97. The highest BCUT2D eigenvalue weighted by atomic mass is 32.2. The Balaban J connectivity index is 2.27. The number of nitrogens with zero attached hydrogens (tertiary/aromatic N) is 2. The highest BCUT2D eigenvalue weighted by molar-refractivity contribution is 7.89. The topological polar surface area (TPSA) is 54.3 Å². The summed E-state index contributed by atoms with van der Waals surface area (Å²) in [6, 6.07) is 2.01. The minimum absolute atomic E-state index is 0.132. The summed E-state index contributed by atoms with van der Waals surface area (Å²) in [5.74, 6) is 0.132. The van der Waals surface area contributed by atoms with Crippen LogP contribution in [0.1, 0.15) is 5.56 Å². The smallest absolute Gasteiger partial charge is 0.214 e. The molecule has 0 radical (unpaired) electrons. The van der Waals surface area contributed by atoms with Gasteiger partial charge in [-0.2, -0.15) is 0 Å². The van der Waals surface area contributed by atoms with Gasteiger partial charge >= 0.3 is 0 Å². The van der Waals surface area contributed by atoms with Crippen molar-refractivity contribution in [2.24, 2.45) is 7.05 Å². The predicted molar refractivity (Wildman–Crippen MR) is 64.6 cm³/mol. The molecule has 16 heavy (non-hydrogen) atoms. The summed E-state index contributed by atoms with van der Waals surface area (Å²) in [5.41, 5.74) is 1.16. The molecule has 0 aliphatic heterocycles. The number of aryl methyl sites for hydroxylation is 1. The van der Waals surface area contributed by atoms with Crippen LogP contribution in [0.5, 0.6) is 0 Å². The molecule has 1 heterocycles. The van der Waals surface area contributed by atoms with Crippen LogP contribution in [-0.4, -0.2) is 43.7 Å². The third-order valence-corrected chi connectivity index (χ3v) is 4.15. The van der Waals surface area contributed by atoms with E-state index in [9.17, 15) is 8.42 Å². The fraction of sp³-hybridized carbons (Fsp3) is 0.600. The molecule has 6 heteroatoms. The standard InChI is InChI=1S/C10H19N3O2S/c1-12(2)16(14,15)7-5-11-8-10-4-6-13(3)9-10/h4,6,9,11H,5,7-8H2,1-3H3. The van der Waals surface area contributed by atoms with Crippen LogP contribution in [0.4, 0.5) is 0 Å². The summed E-state index contributed by atoms with van der Waals surface area (Å²) in [4.78, 5) is 0. The molecule has 0 fully saturated rings. The second kappa shape index (κ2) is 5.47. The van der Waals surface area contributed by atoms with Gasteiger partial charge in [0.1, 0.15) is 0 Å². The number of nitrogens with one attached hydrogen (secondary N) is 1. The molecule has 1 N–H and O–H groups in total. The van der Waals surface area contributed by atoms with Crippen molar-refractivity contribution in [1.82, 2.24) is 14.2 Å². The number of aromatic nitrogens is 1. The first-order valence-electron chi connectivity index (χ1n) is 5.13. The van der Waals surface area contributed by atoms with Crippen molar-refractivity contribution >= 4 is 10.0 Å². The van der Waals surface area contributed by atoms with Gasteiger partial charge in [-0.15, -0.1) is 0 Å². The first-order chi connectivity index (χ1) is 7.42. The van der Waals surface area contributed by atoms with Gasteiger partial charge in [-0.1, -0.05) is 0 Å². The van der Waals surface area contributed by atoms with Gasteiger partial charge in [-0.25, -0.2) is 12.7 Å². The fourth-order valence-corrected chi connectivity index (χ4v) is 2.05. The predicted octanol–water partition coefficient (Wildman–Crippen LogP) is 0.00610.